The van der Waals surface area contributed by atoms with Crippen LogP contribution >= 0.6 is 0 Å². The lowest BCUT2D eigenvalue weighted by atomic mass is 10.1. The van der Waals surface area contributed by atoms with Gasteiger partial charge in [-0.3, -0.25) is 24.5 Å². The van der Waals surface area contributed by atoms with Gasteiger partial charge >= 0.3 is 0 Å². The number of fused-ring (bicyclic) bond motifs is 1. The number of nitriles is 1. The van der Waals surface area contributed by atoms with Gasteiger partial charge in [0.1, 0.15) is 37.6 Å². The predicted molar refractivity (Wildman–Crippen MR) is 128 cm³/mol. The van der Waals surface area contributed by atoms with Crippen LogP contribution in [0.1, 0.15) is 12.6 Å². The monoisotopic (exact) mass is 530 g/mol. The number of hydrogen-bond donors (Lipinski definition) is 4. The van der Waals surface area contributed by atoms with Crippen LogP contribution in [0.25, 0.3) is 11.2 Å². The largest absolute Gasteiger partial charge is 0.484 e. The first-order valence-corrected chi connectivity index (χ1v) is 11.5. The summed E-state index contributed by atoms with van der Waals surface area (Å²) in [6, 6.07) is 10.7. The molecule has 202 valence electrons. The zero-order valence-electron chi connectivity index (χ0n) is 20.1. The molecule has 2 aromatic heterocycles. The number of imidazole rings is 1. The highest BCUT2D eigenvalue weighted by molar-refractivity contribution is 5.90. The van der Waals surface area contributed by atoms with Gasteiger partial charge in [0.2, 0.25) is 5.95 Å². The van der Waals surface area contributed by atoms with Gasteiger partial charge in [-0.25, -0.2) is 4.98 Å². The number of aliphatic hydroxyl groups is 2. The predicted octanol–water partition coefficient (Wildman–Crippen LogP) is -0.365. The second kappa shape index (κ2) is 13.1. The summed E-state index contributed by atoms with van der Waals surface area (Å²) in [5.41, 5.74) is -0.631. The minimum atomic E-state index is -1.25. The number of nitrogens with zero attached hydrogens (tertiary/aromatic N) is 4. The van der Waals surface area contributed by atoms with E-state index in [4.69, 9.17) is 28.9 Å². The number of hydrogen-bond acceptors (Lipinski definition) is 12. The van der Waals surface area contributed by atoms with Crippen LogP contribution in [0.3, 0.4) is 0 Å². The molecule has 38 heavy (non-hydrogen) atoms. The normalized spacial score (nSPS) is 20.9. The highest BCUT2D eigenvalue weighted by atomic mass is 16.7. The Morgan fingerprint density at radius 2 is 2.08 bits per heavy atom. The Morgan fingerprint density at radius 1 is 1.26 bits per heavy atom. The van der Waals surface area contributed by atoms with E-state index in [1.165, 1.54) is 10.9 Å². The van der Waals surface area contributed by atoms with E-state index in [2.05, 4.69) is 20.3 Å². The molecule has 0 radical (unpaired) electrons. The molecule has 3 aromatic rings. The van der Waals surface area contributed by atoms with Gasteiger partial charge in [-0.15, -0.1) is 0 Å². The van der Waals surface area contributed by atoms with Gasteiger partial charge < -0.3 is 33.9 Å². The van der Waals surface area contributed by atoms with Crippen molar-refractivity contribution in [3.63, 3.8) is 0 Å². The summed E-state index contributed by atoms with van der Waals surface area (Å²) in [4.78, 5) is 35.8. The second-order valence-corrected chi connectivity index (χ2v) is 8.01. The van der Waals surface area contributed by atoms with Crippen LogP contribution in [0.4, 0.5) is 5.95 Å². The fourth-order valence-corrected chi connectivity index (χ4v) is 3.67. The Bertz CT molecular complexity index is 1310. The Balaban J connectivity index is 1.47. The van der Waals surface area contributed by atoms with E-state index in [-0.39, 0.29) is 50.3 Å². The first-order chi connectivity index (χ1) is 18.5. The molecule has 4 N–H and O–H groups in total. The molecule has 3 heterocycles. The minimum Gasteiger partial charge on any atom is -0.484 e. The van der Waals surface area contributed by atoms with Crippen molar-refractivity contribution in [1.82, 2.24) is 19.5 Å². The number of amides is 1. The number of para-hydroxylation sites is 1. The molecule has 15 heteroatoms. The minimum absolute atomic E-state index is 0.0400. The highest BCUT2D eigenvalue weighted by Crippen LogP contribution is 2.33. The number of aromatic nitrogens is 4. The molecule has 0 saturated carbocycles. The Kier molecular flexibility index (Phi) is 9.32. The van der Waals surface area contributed by atoms with E-state index in [1.54, 1.807) is 24.3 Å². The van der Waals surface area contributed by atoms with Crippen molar-refractivity contribution in [3.8, 4) is 11.8 Å². The number of nitrogens with one attached hydrogen (secondary N) is 2. The van der Waals surface area contributed by atoms with Crippen molar-refractivity contribution in [1.29, 1.82) is 5.26 Å². The maximum Gasteiger partial charge on any atom is 0.280 e. The number of benzene rings is 1. The third-order valence-electron chi connectivity index (χ3n) is 5.44. The van der Waals surface area contributed by atoms with E-state index in [9.17, 15) is 19.8 Å². The van der Waals surface area contributed by atoms with Crippen LogP contribution in [0, 0.1) is 11.3 Å². The van der Waals surface area contributed by atoms with Crippen LogP contribution in [-0.4, -0.2) is 87.4 Å². The van der Waals surface area contributed by atoms with Gasteiger partial charge in [0.05, 0.1) is 32.0 Å². The van der Waals surface area contributed by atoms with E-state index < -0.39 is 42.6 Å². The van der Waals surface area contributed by atoms with E-state index >= 15 is 0 Å². The van der Waals surface area contributed by atoms with Crippen LogP contribution in [0.2, 0.25) is 0 Å². The maximum absolute atomic E-state index is 12.6. The highest BCUT2D eigenvalue weighted by Gasteiger charge is 2.46. The van der Waals surface area contributed by atoms with Crippen molar-refractivity contribution >= 4 is 23.0 Å². The summed E-state index contributed by atoms with van der Waals surface area (Å²) in [5.74, 6) is -0.221. The molecule has 1 aliphatic heterocycles. The standard InChI is InChI=1S/C23H26N6O9/c24-7-4-8-34-12-35-13-37-19-18(32)15(9-30)38-22(19)29-11-25-17-20(29)27-23(28-21(17)33)26-16(31)10-36-14-5-2-1-3-6-14/h1-3,5-6,11,15,18-19,22,30,32H,4,8-10,12-13H2,(H2,26,27,28,31,33)/t15-,18+,19?,22-/m1/s1. The molecule has 0 bridgehead atoms. The number of carbonyl (C=O) groups excluding carboxylic acids is 1. The number of rotatable bonds is 13. The maximum atomic E-state index is 12.6. The summed E-state index contributed by atoms with van der Waals surface area (Å²) in [6.45, 7) is -1.06. The van der Waals surface area contributed by atoms with Crippen LogP contribution in [-0.2, 0) is 23.7 Å². The van der Waals surface area contributed by atoms with Gasteiger partial charge in [0.15, 0.2) is 24.0 Å². The number of carbonyl (C=O) groups is 1. The summed E-state index contributed by atoms with van der Waals surface area (Å²) in [6.07, 6.45) is -2.85. The lowest BCUT2D eigenvalue weighted by Gasteiger charge is -2.22. The fourth-order valence-electron chi connectivity index (χ4n) is 3.67. The lowest BCUT2D eigenvalue weighted by molar-refractivity contribution is -0.174. The fraction of sp³-hybridized carbons (Fsp3) is 0.435. The zero-order valence-corrected chi connectivity index (χ0v) is 20.1. The van der Waals surface area contributed by atoms with Crippen LogP contribution in [0.5, 0.6) is 5.75 Å². The van der Waals surface area contributed by atoms with Crippen molar-refractivity contribution in [2.75, 3.05) is 38.7 Å². The molecule has 4 atom stereocenters. The number of aliphatic hydroxyl groups excluding tert-OH is 2. The van der Waals surface area contributed by atoms with Crippen molar-refractivity contribution < 1.29 is 38.7 Å². The first kappa shape index (κ1) is 27.1. The van der Waals surface area contributed by atoms with Gasteiger partial charge in [-0.2, -0.15) is 10.2 Å². The number of ether oxygens (including phenoxy) is 5. The average Bonchev–Trinajstić information content (AvgIpc) is 3.48. The third-order valence-corrected chi connectivity index (χ3v) is 5.44. The number of H-pyrrole nitrogens is 1. The number of aromatic amines is 1. The molecule has 1 aromatic carbocycles. The van der Waals surface area contributed by atoms with Gasteiger partial charge in [-0.05, 0) is 12.1 Å². The van der Waals surface area contributed by atoms with Gasteiger partial charge in [0.25, 0.3) is 11.5 Å². The molecule has 1 saturated heterocycles. The van der Waals surface area contributed by atoms with Crippen LogP contribution < -0.4 is 15.6 Å². The first-order valence-electron chi connectivity index (χ1n) is 11.5. The smallest absolute Gasteiger partial charge is 0.280 e. The molecule has 0 spiro atoms. The summed E-state index contributed by atoms with van der Waals surface area (Å²) >= 11 is 0. The van der Waals surface area contributed by atoms with Crippen molar-refractivity contribution in [2.45, 2.75) is 31.0 Å². The summed E-state index contributed by atoms with van der Waals surface area (Å²) in [5, 5.41) is 31.2. The molecule has 1 aliphatic rings. The second-order valence-electron chi connectivity index (χ2n) is 8.01. The quantitative estimate of drug-likeness (QED) is 0.165. The molecular weight excluding hydrogens is 504 g/mol. The molecule has 0 aliphatic carbocycles. The average molecular weight is 530 g/mol. The molecular formula is C23H26N6O9. The molecule has 1 unspecified atom stereocenters. The lowest BCUT2D eigenvalue weighted by Crippen LogP contribution is -2.36. The molecule has 15 nitrogen and oxygen atoms in total. The van der Waals surface area contributed by atoms with Crippen LogP contribution in [0.15, 0.2) is 41.5 Å². The van der Waals surface area contributed by atoms with Crippen molar-refractivity contribution in [3.05, 3.63) is 47.0 Å². The van der Waals surface area contributed by atoms with Gasteiger partial charge in [0, 0.05) is 0 Å². The Morgan fingerprint density at radius 3 is 2.84 bits per heavy atom. The Labute approximate surface area is 215 Å². The molecule has 1 amide bonds. The Hall–Kier alpha value is -3.91. The molecule has 1 fully saturated rings. The van der Waals surface area contributed by atoms with Gasteiger partial charge in [-0.1, -0.05) is 18.2 Å². The van der Waals surface area contributed by atoms with E-state index in [1.807, 2.05) is 12.1 Å². The van der Waals surface area contributed by atoms with E-state index in [0.717, 1.165) is 0 Å². The number of anilines is 1. The summed E-state index contributed by atoms with van der Waals surface area (Å²) in [7, 11) is 0. The molecule has 4 rings (SSSR count). The van der Waals surface area contributed by atoms with Crippen molar-refractivity contribution in [2.24, 2.45) is 0 Å². The summed E-state index contributed by atoms with van der Waals surface area (Å²) < 4.78 is 28.5. The third kappa shape index (κ3) is 6.50. The zero-order chi connectivity index (χ0) is 26.9. The SMILES string of the molecule is N#CCCOCOCOC1[C@@H](O)[C@@H](CO)O[C@H]1n1cnc2c(=O)[nH]c(NC(=O)COc3ccccc3)nc21. The van der Waals surface area contributed by atoms with E-state index in [0.29, 0.717) is 5.75 Å². The topological polar surface area (TPSA) is 203 Å².